The molecular formula is C46H89NO10. The maximum Gasteiger partial charge on any atom is 0.302 e. The SMILES string of the molecule is CCCCCCCCCCCCCCCCCCCC[C@@H](O)C(=O)N[C@@H](CO[C@@H]1OC(CO)[C@@H](O)C(O)C1O)[C@@H](CCCCCCCCCCCCC)OC(C)=O. The lowest BCUT2D eigenvalue weighted by Gasteiger charge is -2.40. The summed E-state index contributed by atoms with van der Waals surface area (Å²) in [7, 11) is 0. The van der Waals surface area contributed by atoms with Crippen molar-refractivity contribution in [1.29, 1.82) is 0 Å². The Hall–Kier alpha value is -1.34. The van der Waals surface area contributed by atoms with Crippen LogP contribution >= 0.6 is 0 Å². The average Bonchev–Trinajstić information content (AvgIpc) is 3.20. The second-order valence-electron chi connectivity index (χ2n) is 16.9. The average molecular weight is 816 g/mol. The van der Waals surface area contributed by atoms with Crippen molar-refractivity contribution in [2.75, 3.05) is 13.2 Å². The number of carbonyl (C=O) groups excluding carboxylic acids is 2. The fourth-order valence-corrected chi connectivity index (χ4v) is 7.86. The molecule has 0 aliphatic carbocycles. The monoisotopic (exact) mass is 816 g/mol. The van der Waals surface area contributed by atoms with Crippen LogP contribution in [0.15, 0.2) is 0 Å². The third-order valence-electron chi connectivity index (χ3n) is 11.6. The molecule has 0 spiro atoms. The quantitative estimate of drug-likeness (QED) is 0.0260. The molecule has 57 heavy (non-hydrogen) atoms. The summed E-state index contributed by atoms with van der Waals surface area (Å²) in [6, 6.07) is -0.883. The summed E-state index contributed by atoms with van der Waals surface area (Å²) in [6.07, 6.45) is 26.9. The van der Waals surface area contributed by atoms with Gasteiger partial charge >= 0.3 is 5.97 Å². The van der Waals surface area contributed by atoms with Gasteiger partial charge in [-0.1, -0.05) is 194 Å². The van der Waals surface area contributed by atoms with Gasteiger partial charge in [0, 0.05) is 6.92 Å². The van der Waals surface area contributed by atoms with E-state index in [-0.39, 0.29) is 6.61 Å². The van der Waals surface area contributed by atoms with Crippen molar-refractivity contribution in [3.05, 3.63) is 0 Å². The first-order valence-electron chi connectivity index (χ1n) is 23.7. The highest BCUT2D eigenvalue weighted by molar-refractivity contribution is 5.80. The molecule has 1 aliphatic rings. The molecule has 1 heterocycles. The number of hydrogen-bond donors (Lipinski definition) is 6. The van der Waals surface area contributed by atoms with Crippen molar-refractivity contribution < 1.29 is 49.3 Å². The number of unbranched alkanes of at least 4 members (excludes halogenated alkanes) is 27. The van der Waals surface area contributed by atoms with Gasteiger partial charge in [-0.15, -0.1) is 0 Å². The Balaban J connectivity index is 2.52. The maximum absolute atomic E-state index is 13.3. The summed E-state index contributed by atoms with van der Waals surface area (Å²) in [6.45, 7) is 4.92. The number of hydrogen-bond acceptors (Lipinski definition) is 10. The van der Waals surface area contributed by atoms with Gasteiger partial charge in [-0.25, -0.2) is 0 Å². The smallest absolute Gasteiger partial charge is 0.302 e. The summed E-state index contributed by atoms with van der Waals surface area (Å²) in [4.78, 5) is 25.5. The van der Waals surface area contributed by atoms with Crippen LogP contribution in [0.5, 0.6) is 0 Å². The minimum atomic E-state index is -1.62. The summed E-state index contributed by atoms with van der Waals surface area (Å²) in [5.41, 5.74) is 0. The minimum Gasteiger partial charge on any atom is -0.460 e. The number of aliphatic hydroxyl groups is 5. The topological polar surface area (TPSA) is 175 Å². The fraction of sp³-hybridized carbons (Fsp3) is 0.957. The van der Waals surface area contributed by atoms with E-state index >= 15 is 0 Å². The van der Waals surface area contributed by atoms with Gasteiger partial charge in [0.05, 0.1) is 19.3 Å². The summed E-state index contributed by atoms with van der Waals surface area (Å²) in [5, 5.41) is 54.2. The lowest BCUT2D eigenvalue weighted by molar-refractivity contribution is -0.302. The van der Waals surface area contributed by atoms with E-state index < -0.39 is 67.4 Å². The summed E-state index contributed by atoms with van der Waals surface area (Å²) < 4.78 is 17.0. The van der Waals surface area contributed by atoms with Gasteiger partial charge in [0.2, 0.25) is 5.91 Å². The highest BCUT2D eigenvalue weighted by Gasteiger charge is 2.44. The molecule has 8 atom stereocenters. The van der Waals surface area contributed by atoms with Gasteiger partial charge in [-0.05, 0) is 19.3 Å². The zero-order valence-corrected chi connectivity index (χ0v) is 36.7. The van der Waals surface area contributed by atoms with Crippen LogP contribution in [0.2, 0.25) is 0 Å². The zero-order chi connectivity index (χ0) is 41.9. The lowest BCUT2D eigenvalue weighted by Crippen LogP contribution is -2.60. The second kappa shape index (κ2) is 36.5. The molecule has 0 aromatic rings. The van der Waals surface area contributed by atoms with Crippen LogP contribution in [0, 0.1) is 0 Å². The van der Waals surface area contributed by atoms with Gasteiger partial charge in [0.15, 0.2) is 6.29 Å². The summed E-state index contributed by atoms with van der Waals surface area (Å²) >= 11 is 0. The van der Waals surface area contributed by atoms with E-state index in [1.807, 2.05) is 0 Å². The summed E-state index contributed by atoms with van der Waals surface area (Å²) in [5.74, 6) is -1.12. The highest BCUT2D eigenvalue weighted by Crippen LogP contribution is 2.24. The Morgan fingerprint density at radius 3 is 1.35 bits per heavy atom. The van der Waals surface area contributed by atoms with Crippen LogP contribution in [0.3, 0.4) is 0 Å². The Bertz CT molecular complexity index is 939. The molecule has 3 unspecified atom stereocenters. The third kappa shape index (κ3) is 27.2. The molecule has 1 amide bonds. The van der Waals surface area contributed by atoms with Gasteiger partial charge in [-0.2, -0.15) is 0 Å². The van der Waals surface area contributed by atoms with E-state index in [9.17, 15) is 35.1 Å². The molecule has 1 saturated heterocycles. The molecule has 1 aliphatic heterocycles. The number of nitrogens with one attached hydrogen (secondary N) is 1. The largest absolute Gasteiger partial charge is 0.460 e. The van der Waals surface area contributed by atoms with Crippen LogP contribution in [0.1, 0.15) is 220 Å². The molecule has 338 valence electrons. The molecule has 11 heteroatoms. The van der Waals surface area contributed by atoms with E-state index in [4.69, 9.17) is 14.2 Å². The molecule has 1 fully saturated rings. The van der Waals surface area contributed by atoms with Crippen LogP contribution < -0.4 is 5.32 Å². The van der Waals surface area contributed by atoms with Crippen molar-refractivity contribution in [2.45, 2.75) is 269 Å². The normalized spacial score (nSPS) is 21.3. The molecule has 11 nitrogen and oxygen atoms in total. The number of esters is 1. The number of carbonyl (C=O) groups is 2. The van der Waals surface area contributed by atoms with Crippen molar-refractivity contribution in [1.82, 2.24) is 5.32 Å². The number of ether oxygens (including phenoxy) is 3. The van der Waals surface area contributed by atoms with E-state index in [0.29, 0.717) is 19.3 Å². The Labute approximate surface area is 347 Å². The van der Waals surface area contributed by atoms with Crippen molar-refractivity contribution in [3.8, 4) is 0 Å². The molecular weight excluding hydrogens is 727 g/mol. The lowest BCUT2D eigenvalue weighted by atomic mass is 9.99. The van der Waals surface area contributed by atoms with Crippen LogP contribution in [0.4, 0.5) is 0 Å². The zero-order valence-electron chi connectivity index (χ0n) is 36.7. The maximum atomic E-state index is 13.3. The Morgan fingerprint density at radius 1 is 0.579 bits per heavy atom. The van der Waals surface area contributed by atoms with Crippen LogP contribution in [-0.4, -0.2) is 99.6 Å². The number of amides is 1. The molecule has 6 N–H and O–H groups in total. The van der Waals surface area contributed by atoms with Crippen LogP contribution in [0.25, 0.3) is 0 Å². The predicted molar refractivity (Wildman–Crippen MR) is 228 cm³/mol. The molecule has 0 radical (unpaired) electrons. The van der Waals surface area contributed by atoms with Gasteiger partial charge in [0.1, 0.15) is 36.6 Å². The van der Waals surface area contributed by atoms with E-state index in [1.165, 1.54) is 142 Å². The first kappa shape index (κ1) is 53.7. The van der Waals surface area contributed by atoms with Gasteiger partial charge < -0.3 is 45.1 Å². The van der Waals surface area contributed by atoms with Gasteiger partial charge in [-0.3, -0.25) is 9.59 Å². The van der Waals surface area contributed by atoms with Crippen molar-refractivity contribution in [2.24, 2.45) is 0 Å². The third-order valence-corrected chi connectivity index (χ3v) is 11.6. The van der Waals surface area contributed by atoms with Gasteiger partial charge in [0.25, 0.3) is 0 Å². The molecule has 0 bridgehead atoms. The van der Waals surface area contributed by atoms with Crippen molar-refractivity contribution in [3.63, 3.8) is 0 Å². The predicted octanol–water partition coefficient (Wildman–Crippen LogP) is 8.71. The number of aliphatic hydroxyl groups excluding tert-OH is 5. The Kier molecular flexibility index (Phi) is 34.4. The van der Waals surface area contributed by atoms with Crippen LogP contribution in [-0.2, 0) is 23.8 Å². The Morgan fingerprint density at radius 2 is 0.965 bits per heavy atom. The van der Waals surface area contributed by atoms with E-state index in [2.05, 4.69) is 19.2 Å². The standard InChI is InChI=1S/C46H89NO10/c1-4-6-8-10-12-14-16-17-18-19-20-21-22-24-25-27-29-31-33-39(50)45(54)47-38(36-55-46-44(53)43(52)42(51)41(35-48)57-46)40(56-37(3)49)34-32-30-28-26-23-15-13-11-9-7-5-2/h38-44,46,48,50-53H,4-36H2,1-3H3,(H,47,54)/t38-,39+,40+,41?,42+,43?,44?,46+/m0/s1. The first-order valence-corrected chi connectivity index (χ1v) is 23.7. The fourth-order valence-electron chi connectivity index (χ4n) is 7.86. The van der Waals surface area contributed by atoms with E-state index in [1.54, 1.807) is 0 Å². The molecule has 0 saturated carbocycles. The number of rotatable bonds is 39. The molecule has 0 aromatic heterocycles. The first-order chi connectivity index (χ1) is 27.7. The second-order valence-corrected chi connectivity index (χ2v) is 16.9. The van der Waals surface area contributed by atoms with Crippen molar-refractivity contribution >= 4 is 11.9 Å². The molecule has 1 rings (SSSR count). The minimum absolute atomic E-state index is 0.268. The highest BCUT2D eigenvalue weighted by atomic mass is 16.7. The molecule has 0 aromatic carbocycles. The van der Waals surface area contributed by atoms with E-state index in [0.717, 1.165) is 44.9 Å².